The van der Waals surface area contributed by atoms with Crippen molar-refractivity contribution >= 4 is 29.1 Å². The molecule has 0 aliphatic carbocycles. The largest absolute Gasteiger partial charge is 0.353 e. The van der Waals surface area contributed by atoms with Gasteiger partial charge in [-0.25, -0.2) is 0 Å². The molecule has 0 saturated heterocycles. The van der Waals surface area contributed by atoms with Gasteiger partial charge in [-0.1, -0.05) is 23.7 Å². The average Bonchev–Trinajstić information content (AvgIpc) is 2.19. The lowest BCUT2D eigenvalue weighted by Crippen LogP contribution is -2.34. The zero-order chi connectivity index (χ0) is 12.8. The van der Waals surface area contributed by atoms with E-state index in [1.54, 1.807) is 12.1 Å². The first kappa shape index (κ1) is 14.3. The van der Waals surface area contributed by atoms with E-state index in [2.05, 4.69) is 5.32 Å². The zero-order valence-electron chi connectivity index (χ0n) is 10.0. The Morgan fingerprint density at radius 1 is 1.29 bits per heavy atom. The maximum atomic E-state index is 11.7. The van der Waals surface area contributed by atoms with E-state index in [0.717, 1.165) is 12.0 Å². The van der Waals surface area contributed by atoms with Crippen molar-refractivity contribution in [3.8, 4) is 0 Å². The Morgan fingerprint density at radius 3 is 2.41 bits per heavy atom. The number of hydrogen-bond acceptors (Lipinski definition) is 1. The first-order valence-electron chi connectivity index (χ1n) is 5.65. The standard InChI is InChI=1S/C13H17Cl2NO/c1-9(14)7-10(2)16-13(17)8-11-3-5-12(15)6-4-11/h3-6,9-10H,7-8H2,1-2H3,(H,16,17). The van der Waals surface area contributed by atoms with Gasteiger partial charge in [0.25, 0.3) is 0 Å². The lowest BCUT2D eigenvalue weighted by atomic mass is 10.1. The van der Waals surface area contributed by atoms with Gasteiger partial charge in [0.2, 0.25) is 5.91 Å². The third-order valence-corrected chi connectivity index (χ3v) is 2.79. The number of benzene rings is 1. The lowest BCUT2D eigenvalue weighted by molar-refractivity contribution is -0.121. The number of carbonyl (C=O) groups excluding carboxylic acids is 1. The first-order chi connectivity index (χ1) is 7.97. The number of carbonyl (C=O) groups is 1. The average molecular weight is 274 g/mol. The molecule has 0 fully saturated rings. The highest BCUT2D eigenvalue weighted by Crippen LogP contribution is 2.10. The van der Waals surface area contributed by atoms with E-state index in [4.69, 9.17) is 23.2 Å². The van der Waals surface area contributed by atoms with E-state index in [-0.39, 0.29) is 17.3 Å². The predicted octanol–water partition coefficient (Wildman–Crippen LogP) is 3.40. The molecule has 0 bridgehead atoms. The Labute approximate surface area is 112 Å². The molecule has 0 radical (unpaired) electrons. The third kappa shape index (κ3) is 5.94. The van der Waals surface area contributed by atoms with Crippen LogP contribution in [0.25, 0.3) is 0 Å². The maximum Gasteiger partial charge on any atom is 0.224 e. The van der Waals surface area contributed by atoms with Gasteiger partial charge in [-0.05, 0) is 38.0 Å². The summed E-state index contributed by atoms with van der Waals surface area (Å²) in [7, 11) is 0. The number of alkyl halides is 1. The Morgan fingerprint density at radius 2 is 1.88 bits per heavy atom. The monoisotopic (exact) mass is 273 g/mol. The SMILES string of the molecule is CC(Cl)CC(C)NC(=O)Cc1ccc(Cl)cc1. The predicted molar refractivity (Wildman–Crippen MR) is 72.7 cm³/mol. The molecule has 2 atom stereocenters. The van der Waals surface area contributed by atoms with Gasteiger partial charge < -0.3 is 5.32 Å². The molecule has 94 valence electrons. The van der Waals surface area contributed by atoms with Crippen molar-refractivity contribution in [2.24, 2.45) is 0 Å². The van der Waals surface area contributed by atoms with Crippen LogP contribution < -0.4 is 5.32 Å². The molecule has 2 unspecified atom stereocenters. The van der Waals surface area contributed by atoms with Gasteiger partial charge in [0.05, 0.1) is 6.42 Å². The van der Waals surface area contributed by atoms with Gasteiger partial charge in [0.15, 0.2) is 0 Å². The summed E-state index contributed by atoms with van der Waals surface area (Å²) in [5, 5.41) is 3.67. The minimum Gasteiger partial charge on any atom is -0.353 e. The van der Waals surface area contributed by atoms with E-state index in [1.807, 2.05) is 26.0 Å². The smallest absolute Gasteiger partial charge is 0.224 e. The molecule has 4 heteroatoms. The Balaban J connectivity index is 2.41. The summed E-state index contributed by atoms with van der Waals surface area (Å²) in [6, 6.07) is 7.39. The summed E-state index contributed by atoms with van der Waals surface area (Å²) in [6.45, 7) is 3.88. The Hall–Kier alpha value is -0.730. The summed E-state index contributed by atoms with van der Waals surface area (Å²) in [4.78, 5) is 11.7. The second-order valence-electron chi connectivity index (χ2n) is 4.29. The number of halogens is 2. The van der Waals surface area contributed by atoms with Crippen molar-refractivity contribution in [1.29, 1.82) is 0 Å². The Bertz CT molecular complexity index is 362. The van der Waals surface area contributed by atoms with Gasteiger partial charge >= 0.3 is 0 Å². The van der Waals surface area contributed by atoms with Crippen molar-refractivity contribution in [2.75, 3.05) is 0 Å². The van der Waals surface area contributed by atoms with Crippen LogP contribution in [0.15, 0.2) is 24.3 Å². The lowest BCUT2D eigenvalue weighted by Gasteiger charge is -2.15. The van der Waals surface area contributed by atoms with Gasteiger partial charge in [-0.15, -0.1) is 11.6 Å². The molecule has 1 amide bonds. The van der Waals surface area contributed by atoms with E-state index in [9.17, 15) is 4.79 Å². The van der Waals surface area contributed by atoms with Crippen LogP contribution in [0.2, 0.25) is 5.02 Å². The normalized spacial score (nSPS) is 14.1. The highest BCUT2D eigenvalue weighted by Gasteiger charge is 2.10. The highest BCUT2D eigenvalue weighted by atomic mass is 35.5. The topological polar surface area (TPSA) is 29.1 Å². The molecular weight excluding hydrogens is 257 g/mol. The van der Waals surface area contributed by atoms with E-state index < -0.39 is 0 Å². The molecule has 2 nitrogen and oxygen atoms in total. The molecular formula is C13H17Cl2NO. The van der Waals surface area contributed by atoms with Crippen LogP contribution in [0, 0.1) is 0 Å². The summed E-state index contributed by atoms with van der Waals surface area (Å²) >= 11 is 11.6. The van der Waals surface area contributed by atoms with Crippen molar-refractivity contribution in [3.05, 3.63) is 34.9 Å². The third-order valence-electron chi connectivity index (χ3n) is 2.36. The molecule has 0 saturated carbocycles. The van der Waals surface area contributed by atoms with Crippen molar-refractivity contribution in [2.45, 2.75) is 38.1 Å². The highest BCUT2D eigenvalue weighted by molar-refractivity contribution is 6.30. The molecule has 0 aliphatic heterocycles. The molecule has 1 aromatic rings. The maximum absolute atomic E-state index is 11.7. The van der Waals surface area contributed by atoms with Crippen molar-refractivity contribution in [3.63, 3.8) is 0 Å². The molecule has 17 heavy (non-hydrogen) atoms. The number of hydrogen-bond donors (Lipinski definition) is 1. The quantitative estimate of drug-likeness (QED) is 0.819. The van der Waals surface area contributed by atoms with Crippen LogP contribution in [0.3, 0.4) is 0 Å². The van der Waals surface area contributed by atoms with Crippen LogP contribution in [0.1, 0.15) is 25.8 Å². The van der Waals surface area contributed by atoms with E-state index in [0.29, 0.717) is 11.4 Å². The van der Waals surface area contributed by atoms with E-state index >= 15 is 0 Å². The molecule has 0 heterocycles. The van der Waals surface area contributed by atoms with Crippen LogP contribution >= 0.6 is 23.2 Å². The number of rotatable bonds is 5. The van der Waals surface area contributed by atoms with Crippen LogP contribution in [0.4, 0.5) is 0 Å². The first-order valence-corrected chi connectivity index (χ1v) is 6.46. The van der Waals surface area contributed by atoms with Crippen molar-refractivity contribution in [1.82, 2.24) is 5.32 Å². The molecule has 1 N–H and O–H groups in total. The minimum atomic E-state index is 0.0112. The van der Waals surface area contributed by atoms with Crippen LogP contribution in [0.5, 0.6) is 0 Å². The fourth-order valence-electron chi connectivity index (χ4n) is 1.66. The molecule has 1 rings (SSSR count). The summed E-state index contributed by atoms with van der Waals surface area (Å²) in [5.41, 5.74) is 0.957. The van der Waals surface area contributed by atoms with Crippen LogP contribution in [-0.2, 0) is 11.2 Å². The number of nitrogens with one attached hydrogen (secondary N) is 1. The fourth-order valence-corrected chi connectivity index (χ4v) is 2.05. The van der Waals surface area contributed by atoms with Gasteiger partial charge in [0, 0.05) is 16.4 Å². The van der Waals surface area contributed by atoms with Gasteiger partial charge in [-0.2, -0.15) is 0 Å². The summed E-state index contributed by atoms with van der Waals surface area (Å²) < 4.78 is 0. The fraction of sp³-hybridized carbons (Fsp3) is 0.462. The Kier molecular flexibility index (Phi) is 5.79. The van der Waals surface area contributed by atoms with Gasteiger partial charge in [-0.3, -0.25) is 4.79 Å². The molecule has 0 aliphatic rings. The van der Waals surface area contributed by atoms with Crippen LogP contribution in [-0.4, -0.2) is 17.3 Å². The van der Waals surface area contributed by atoms with Crippen molar-refractivity contribution < 1.29 is 4.79 Å². The molecule has 0 aromatic heterocycles. The number of amides is 1. The molecule has 0 spiro atoms. The molecule has 1 aromatic carbocycles. The van der Waals surface area contributed by atoms with Gasteiger partial charge in [0.1, 0.15) is 0 Å². The zero-order valence-corrected chi connectivity index (χ0v) is 11.6. The minimum absolute atomic E-state index is 0.0112. The van der Waals surface area contributed by atoms with E-state index in [1.165, 1.54) is 0 Å². The second kappa shape index (κ2) is 6.87. The summed E-state index contributed by atoms with van der Waals surface area (Å²) in [5.74, 6) is 0.0112. The summed E-state index contributed by atoms with van der Waals surface area (Å²) in [6.07, 6.45) is 1.14. The second-order valence-corrected chi connectivity index (χ2v) is 5.47.